The number of alkyl halides is 3. The summed E-state index contributed by atoms with van der Waals surface area (Å²) >= 11 is 0. The van der Waals surface area contributed by atoms with E-state index in [2.05, 4.69) is 46.1 Å². The fourth-order valence-corrected chi connectivity index (χ4v) is 4.74. The lowest BCUT2D eigenvalue weighted by Gasteiger charge is -2.40. The molecule has 0 N–H and O–H groups in total. The fraction of sp³-hybridized carbons (Fsp3) is 0.276. The molecule has 8 heteroatoms. The summed E-state index contributed by atoms with van der Waals surface area (Å²) in [6.45, 7) is 3.96. The third-order valence-electron chi connectivity index (χ3n) is 7.00. The third-order valence-corrected chi connectivity index (χ3v) is 7.00. The molecule has 0 saturated carbocycles. The standard InChI is InChI=1S/C29H26F3N3O2/c1-28(22-10-6-3-7-11-22)14-16-35(17-15-28)24-13-12-20(19-33-24)18-23(36)25-26(29(30,31)32)37-27(34-25)21-8-4-2-5-9-21/h2-13,19H,14-18H2,1H3. The van der Waals surface area contributed by atoms with Crippen LogP contribution in [0.25, 0.3) is 11.5 Å². The molecule has 5 nitrogen and oxygen atoms in total. The number of benzene rings is 2. The maximum Gasteiger partial charge on any atom is 0.452 e. The zero-order valence-corrected chi connectivity index (χ0v) is 20.3. The molecular weight excluding hydrogens is 479 g/mol. The van der Waals surface area contributed by atoms with Crippen LogP contribution < -0.4 is 4.90 Å². The molecule has 0 bridgehead atoms. The highest BCUT2D eigenvalue weighted by Gasteiger charge is 2.41. The number of oxazole rings is 1. The SMILES string of the molecule is CC1(c2ccccc2)CCN(c2ccc(CC(=O)c3nc(-c4ccccc4)oc3C(F)(F)F)cn2)CC1. The van der Waals surface area contributed by atoms with Gasteiger partial charge in [-0.2, -0.15) is 13.2 Å². The second-order valence-corrected chi connectivity index (χ2v) is 9.60. The smallest absolute Gasteiger partial charge is 0.431 e. The van der Waals surface area contributed by atoms with Gasteiger partial charge in [0.15, 0.2) is 11.5 Å². The van der Waals surface area contributed by atoms with Crippen LogP contribution in [0.2, 0.25) is 0 Å². The van der Waals surface area contributed by atoms with Gasteiger partial charge < -0.3 is 9.32 Å². The normalized spacial score (nSPS) is 15.5. The lowest BCUT2D eigenvalue weighted by molar-refractivity contribution is -0.153. The van der Waals surface area contributed by atoms with E-state index in [4.69, 9.17) is 4.42 Å². The van der Waals surface area contributed by atoms with E-state index in [0.29, 0.717) is 11.1 Å². The Morgan fingerprint density at radius 2 is 1.62 bits per heavy atom. The second kappa shape index (κ2) is 9.84. The van der Waals surface area contributed by atoms with Crippen LogP contribution in [0.3, 0.4) is 0 Å². The van der Waals surface area contributed by atoms with Gasteiger partial charge in [-0.05, 0) is 47.6 Å². The van der Waals surface area contributed by atoms with Crippen LogP contribution >= 0.6 is 0 Å². The molecule has 1 aliphatic heterocycles. The molecule has 0 unspecified atom stereocenters. The number of Topliss-reactive ketones (excluding diaryl/α,β-unsaturated/α-hetero) is 1. The second-order valence-electron chi connectivity index (χ2n) is 9.60. The molecule has 1 aliphatic rings. The minimum atomic E-state index is -4.84. The summed E-state index contributed by atoms with van der Waals surface area (Å²) < 4.78 is 45.8. The van der Waals surface area contributed by atoms with E-state index in [0.717, 1.165) is 31.7 Å². The van der Waals surface area contributed by atoms with Gasteiger partial charge in [-0.3, -0.25) is 4.79 Å². The molecule has 2 aromatic heterocycles. The van der Waals surface area contributed by atoms with E-state index < -0.39 is 23.4 Å². The molecular formula is C29H26F3N3O2. The van der Waals surface area contributed by atoms with E-state index in [1.165, 1.54) is 5.56 Å². The van der Waals surface area contributed by atoms with Gasteiger partial charge in [0.25, 0.3) is 0 Å². The molecule has 1 fully saturated rings. The summed E-state index contributed by atoms with van der Waals surface area (Å²) in [7, 11) is 0. The summed E-state index contributed by atoms with van der Waals surface area (Å²) in [6.07, 6.45) is -1.59. The molecule has 0 spiro atoms. The minimum Gasteiger partial charge on any atom is -0.431 e. The van der Waals surface area contributed by atoms with Gasteiger partial charge in [-0.1, -0.05) is 61.5 Å². The Morgan fingerprint density at radius 3 is 2.22 bits per heavy atom. The van der Waals surface area contributed by atoms with Crippen LogP contribution in [0.5, 0.6) is 0 Å². The number of halogens is 3. The summed E-state index contributed by atoms with van der Waals surface area (Å²) in [5, 5.41) is 0. The van der Waals surface area contributed by atoms with Crippen LogP contribution in [0.1, 0.15) is 47.1 Å². The van der Waals surface area contributed by atoms with Crippen molar-refractivity contribution in [2.24, 2.45) is 0 Å². The lowest BCUT2D eigenvalue weighted by atomic mass is 9.74. The molecule has 1 saturated heterocycles. The van der Waals surface area contributed by atoms with Gasteiger partial charge in [0.1, 0.15) is 5.82 Å². The summed E-state index contributed by atoms with van der Waals surface area (Å²) in [5.74, 6) is -1.60. The Kier molecular flexibility index (Phi) is 6.58. The molecule has 4 aromatic rings. The largest absolute Gasteiger partial charge is 0.452 e. The number of hydrogen-bond acceptors (Lipinski definition) is 5. The monoisotopic (exact) mass is 505 g/mol. The highest BCUT2D eigenvalue weighted by atomic mass is 19.4. The Hall–Kier alpha value is -3.94. The van der Waals surface area contributed by atoms with Crippen molar-refractivity contribution in [2.45, 2.75) is 37.8 Å². The summed E-state index contributed by atoms with van der Waals surface area (Å²) in [4.78, 5) is 23.5. The van der Waals surface area contributed by atoms with Crippen molar-refractivity contribution in [1.29, 1.82) is 0 Å². The molecule has 0 atom stereocenters. The Labute approximate surface area is 213 Å². The molecule has 0 aliphatic carbocycles. The van der Waals surface area contributed by atoms with Gasteiger partial charge in [0, 0.05) is 31.3 Å². The molecule has 0 amide bonds. The first-order valence-corrected chi connectivity index (χ1v) is 12.1. The van der Waals surface area contributed by atoms with E-state index in [9.17, 15) is 18.0 Å². The van der Waals surface area contributed by atoms with Crippen LogP contribution in [-0.2, 0) is 18.0 Å². The summed E-state index contributed by atoms with van der Waals surface area (Å²) in [6, 6.07) is 22.2. The molecule has 3 heterocycles. The predicted octanol–water partition coefficient (Wildman–Crippen LogP) is 6.74. The maximum absolute atomic E-state index is 13.6. The number of aromatic nitrogens is 2. The number of carbonyl (C=O) groups excluding carboxylic acids is 1. The van der Waals surface area contributed by atoms with Crippen LogP contribution in [0, 0.1) is 0 Å². The third kappa shape index (κ3) is 5.28. The van der Waals surface area contributed by atoms with Gasteiger partial charge in [0.05, 0.1) is 0 Å². The van der Waals surface area contributed by atoms with Crippen LogP contribution in [0.4, 0.5) is 19.0 Å². The van der Waals surface area contributed by atoms with Crippen molar-refractivity contribution >= 4 is 11.6 Å². The van der Waals surface area contributed by atoms with Gasteiger partial charge in [-0.15, -0.1) is 0 Å². The number of piperidine rings is 1. The zero-order chi connectivity index (χ0) is 26.0. The zero-order valence-electron chi connectivity index (χ0n) is 20.3. The number of nitrogens with zero attached hydrogens (tertiary/aromatic N) is 3. The first-order valence-electron chi connectivity index (χ1n) is 12.1. The quantitative estimate of drug-likeness (QED) is 0.272. The number of anilines is 1. The lowest BCUT2D eigenvalue weighted by Crippen LogP contribution is -2.41. The minimum absolute atomic E-state index is 0.108. The number of hydrogen-bond donors (Lipinski definition) is 0. The van der Waals surface area contributed by atoms with Crippen molar-refractivity contribution in [3.63, 3.8) is 0 Å². The van der Waals surface area contributed by atoms with Crippen molar-refractivity contribution in [2.75, 3.05) is 18.0 Å². The average molecular weight is 506 g/mol. The first-order chi connectivity index (χ1) is 17.7. The maximum atomic E-state index is 13.6. The van der Waals surface area contributed by atoms with E-state index >= 15 is 0 Å². The Balaban J connectivity index is 1.28. The van der Waals surface area contributed by atoms with Gasteiger partial charge in [0.2, 0.25) is 11.7 Å². The van der Waals surface area contributed by atoms with Gasteiger partial charge in [-0.25, -0.2) is 9.97 Å². The Morgan fingerprint density at radius 1 is 0.973 bits per heavy atom. The molecule has 190 valence electrons. The summed E-state index contributed by atoms with van der Waals surface area (Å²) in [5.41, 5.74) is 1.60. The average Bonchev–Trinajstić information content (AvgIpc) is 3.38. The topological polar surface area (TPSA) is 59.2 Å². The molecule has 37 heavy (non-hydrogen) atoms. The predicted molar refractivity (Wildman–Crippen MR) is 134 cm³/mol. The fourth-order valence-electron chi connectivity index (χ4n) is 4.74. The van der Waals surface area contributed by atoms with Crippen molar-refractivity contribution in [3.8, 4) is 11.5 Å². The van der Waals surface area contributed by atoms with E-state index in [1.807, 2.05) is 12.1 Å². The van der Waals surface area contributed by atoms with E-state index in [1.54, 1.807) is 42.6 Å². The van der Waals surface area contributed by atoms with Crippen molar-refractivity contribution in [3.05, 3.63) is 102 Å². The van der Waals surface area contributed by atoms with Crippen LogP contribution in [-0.4, -0.2) is 28.8 Å². The number of rotatable bonds is 6. The number of carbonyl (C=O) groups is 1. The van der Waals surface area contributed by atoms with Crippen molar-refractivity contribution in [1.82, 2.24) is 9.97 Å². The molecule has 2 aromatic carbocycles. The Bertz CT molecular complexity index is 1360. The number of ketones is 1. The van der Waals surface area contributed by atoms with E-state index in [-0.39, 0.29) is 17.7 Å². The highest BCUT2D eigenvalue weighted by molar-refractivity contribution is 5.97. The highest BCUT2D eigenvalue weighted by Crippen LogP contribution is 2.37. The molecule has 0 radical (unpaired) electrons. The van der Waals surface area contributed by atoms with Crippen LogP contribution in [0.15, 0.2) is 83.4 Å². The van der Waals surface area contributed by atoms with Crippen molar-refractivity contribution < 1.29 is 22.4 Å². The number of pyridine rings is 1. The molecule has 5 rings (SSSR count). The van der Waals surface area contributed by atoms with Gasteiger partial charge >= 0.3 is 6.18 Å². The first kappa shape index (κ1) is 24.7.